The van der Waals surface area contributed by atoms with Crippen molar-refractivity contribution in [3.63, 3.8) is 0 Å². The Labute approximate surface area is 159 Å². The number of carbonyl (C=O) groups is 2. The largest absolute Gasteiger partial charge is 0.497 e. The zero-order valence-corrected chi connectivity index (χ0v) is 15.7. The van der Waals surface area contributed by atoms with Crippen molar-refractivity contribution in [3.8, 4) is 5.75 Å². The summed E-state index contributed by atoms with van der Waals surface area (Å²) in [6.07, 6.45) is 1.05. The molecular weight excluding hydrogens is 342 g/mol. The molecule has 2 aromatic rings. The van der Waals surface area contributed by atoms with Crippen molar-refractivity contribution in [2.24, 2.45) is 0 Å². The lowest BCUT2D eigenvalue weighted by Crippen LogP contribution is -2.43. The molecular formula is C21H25N3O3. The maximum atomic E-state index is 12.2. The van der Waals surface area contributed by atoms with Crippen molar-refractivity contribution in [3.05, 3.63) is 59.7 Å². The number of carbonyl (C=O) groups excluding carboxylic acids is 2. The van der Waals surface area contributed by atoms with Crippen molar-refractivity contribution in [2.45, 2.75) is 25.8 Å². The van der Waals surface area contributed by atoms with Crippen molar-refractivity contribution in [1.82, 2.24) is 10.6 Å². The third kappa shape index (κ3) is 5.00. The van der Waals surface area contributed by atoms with Crippen molar-refractivity contribution in [2.75, 3.05) is 25.1 Å². The molecule has 0 spiro atoms. The zero-order chi connectivity index (χ0) is 19.2. The quantitative estimate of drug-likeness (QED) is 0.825. The van der Waals surface area contributed by atoms with Gasteiger partial charge in [-0.1, -0.05) is 29.8 Å². The third-order valence-corrected chi connectivity index (χ3v) is 4.66. The Kier molecular flexibility index (Phi) is 5.96. The lowest BCUT2D eigenvalue weighted by Gasteiger charge is -2.17. The summed E-state index contributed by atoms with van der Waals surface area (Å²) in [6.45, 7) is 3.03. The molecule has 1 saturated heterocycles. The van der Waals surface area contributed by atoms with Gasteiger partial charge >= 0.3 is 6.03 Å². The Bertz CT molecular complexity index is 787. The average molecular weight is 367 g/mol. The third-order valence-electron chi connectivity index (χ3n) is 4.66. The molecule has 0 bridgehead atoms. The number of amides is 3. The van der Waals surface area contributed by atoms with Crippen LogP contribution in [0.15, 0.2) is 48.5 Å². The number of rotatable bonds is 6. The predicted octanol–water partition coefficient (Wildman–Crippen LogP) is 2.65. The van der Waals surface area contributed by atoms with E-state index in [0.29, 0.717) is 19.5 Å². The molecule has 1 aliphatic heterocycles. The highest BCUT2D eigenvalue weighted by Crippen LogP contribution is 2.21. The number of aryl methyl sites for hydroxylation is 1. The average Bonchev–Trinajstić information content (AvgIpc) is 3.03. The van der Waals surface area contributed by atoms with E-state index in [1.165, 1.54) is 0 Å². The van der Waals surface area contributed by atoms with Gasteiger partial charge in [-0.3, -0.25) is 4.79 Å². The molecule has 1 aliphatic rings. The molecule has 1 fully saturated rings. The number of nitrogens with one attached hydrogen (secondary N) is 2. The molecule has 1 atom stereocenters. The first kappa shape index (κ1) is 18.8. The number of methoxy groups -OCH3 is 1. The van der Waals surface area contributed by atoms with Crippen LogP contribution in [0.5, 0.6) is 5.75 Å². The Morgan fingerprint density at radius 1 is 1.15 bits per heavy atom. The molecule has 1 heterocycles. The van der Waals surface area contributed by atoms with Gasteiger partial charge in [-0.25, -0.2) is 4.79 Å². The normalized spacial score (nSPS) is 16.3. The van der Waals surface area contributed by atoms with Gasteiger partial charge in [-0.2, -0.15) is 0 Å². The first-order valence-corrected chi connectivity index (χ1v) is 9.09. The summed E-state index contributed by atoms with van der Waals surface area (Å²) in [7, 11) is 1.63. The highest BCUT2D eigenvalue weighted by Gasteiger charge is 2.31. The number of urea groups is 1. The van der Waals surface area contributed by atoms with Crippen LogP contribution in [0.3, 0.4) is 0 Å². The van der Waals surface area contributed by atoms with E-state index in [0.717, 1.165) is 29.0 Å². The molecule has 3 rings (SSSR count). The summed E-state index contributed by atoms with van der Waals surface area (Å²) in [6, 6.07) is 15.2. The van der Waals surface area contributed by atoms with Crippen LogP contribution in [0, 0.1) is 6.92 Å². The maximum absolute atomic E-state index is 12.2. The molecule has 6 nitrogen and oxygen atoms in total. The molecule has 2 aromatic carbocycles. The van der Waals surface area contributed by atoms with E-state index < -0.39 is 0 Å². The molecule has 3 amide bonds. The molecule has 0 saturated carbocycles. The lowest BCUT2D eigenvalue weighted by atomic mass is 10.1. The van der Waals surface area contributed by atoms with Crippen LogP contribution < -0.4 is 20.3 Å². The lowest BCUT2D eigenvalue weighted by molar-refractivity contribution is -0.117. The van der Waals surface area contributed by atoms with E-state index in [4.69, 9.17) is 4.74 Å². The Morgan fingerprint density at radius 2 is 1.85 bits per heavy atom. The second kappa shape index (κ2) is 8.58. The fourth-order valence-corrected chi connectivity index (χ4v) is 3.13. The van der Waals surface area contributed by atoms with Crippen LogP contribution in [0.1, 0.15) is 17.5 Å². The number of benzene rings is 2. The standard InChI is InChI=1S/C21H25N3O3/c1-15-3-7-18(8-4-15)24-14-17(13-20(24)25)23-21(26)22-12-11-16-5-9-19(27-2)10-6-16/h3-10,17H,11-14H2,1-2H3,(H2,22,23,26). The van der Waals surface area contributed by atoms with Crippen LogP contribution in [0.25, 0.3) is 0 Å². The molecule has 142 valence electrons. The number of ether oxygens (including phenoxy) is 1. The highest BCUT2D eigenvalue weighted by molar-refractivity contribution is 5.96. The smallest absolute Gasteiger partial charge is 0.315 e. The molecule has 27 heavy (non-hydrogen) atoms. The fourth-order valence-electron chi connectivity index (χ4n) is 3.13. The summed E-state index contributed by atoms with van der Waals surface area (Å²) in [5, 5.41) is 5.74. The van der Waals surface area contributed by atoms with Crippen LogP contribution in [0.4, 0.5) is 10.5 Å². The maximum Gasteiger partial charge on any atom is 0.315 e. The second-order valence-electron chi connectivity index (χ2n) is 6.74. The molecule has 1 unspecified atom stereocenters. The Balaban J connectivity index is 1.44. The summed E-state index contributed by atoms with van der Waals surface area (Å²) >= 11 is 0. The molecule has 6 heteroatoms. The van der Waals surface area contributed by atoms with E-state index >= 15 is 0 Å². The Hall–Kier alpha value is -3.02. The van der Waals surface area contributed by atoms with Gasteiger partial charge < -0.3 is 20.3 Å². The van der Waals surface area contributed by atoms with Gasteiger partial charge in [-0.15, -0.1) is 0 Å². The fraction of sp³-hybridized carbons (Fsp3) is 0.333. The van der Waals surface area contributed by atoms with Crippen LogP contribution in [-0.2, 0) is 11.2 Å². The van der Waals surface area contributed by atoms with Crippen molar-refractivity contribution >= 4 is 17.6 Å². The van der Waals surface area contributed by atoms with Gasteiger partial charge in [0.2, 0.25) is 5.91 Å². The molecule has 0 radical (unpaired) electrons. The van der Waals surface area contributed by atoms with Gasteiger partial charge in [0, 0.05) is 25.2 Å². The number of nitrogens with zero attached hydrogens (tertiary/aromatic N) is 1. The molecule has 0 aromatic heterocycles. The van der Waals surface area contributed by atoms with Crippen LogP contribution in [0.2, 0.25) is 0 Å². The SMILES string of the molecule is COc1ccc(CCNC(=O)NC2CC(=O)N(c3ccc(C)cc3)C2)cc1. The highest BCUT2D eigenvalue weighted by atomic mass is 16.5. The number of hydrogen-bond acceptors (Lipinski definition) is 3. The minimum absolute atomic E-state index is 0.0300. The summed E-state index contributed by atoms with van der Waals surface area (Å²) in [5.41, 5.74) is 3.14. The predicted molar refractivity (Wildman–Crippen MR) is 105 cm³/mol. The van der Waals surface area contributed by atoms with Gasteiger partial charge in [0.05, 0.1) is 13.2 Å². The topological polar surface area (TPSA) is 70.7 Å². The zero-order valence-electron chi connectivity index (χ0n) is 15.7. The monoisotopic (exact) mass is 367 g/mol. The first-order valence-electron chi connectivity index (χ1n) is 9.09. The van der Waals surface area contributed by atoms with Crippen molar-refractivity contribution in [1.29, 1.82) is 0 Å². The summed E-state index contributed by atoms with van der Waals surface area (Å²) in [5.74, 6) is 0.843. The number of hydrogen-bond donors (Lipinski definition) is 2. The van der Waals surface area contributed by atoms with E-state index in [1.54, 1.807) is 12.0 Å². The minimum Gasteiger partial charge on any atom is -0.497 e. The molecule has 0 aliphatic carbocycles. The van der Waals surface area contributed by atoms with Gasteiger partial charge in [-0.05, 0) is 43.2 Å². The van der Waals surface area contributed by atoms with E-state index in [2.05, 4.69) is 10.6 Å². The molecule has 2 N–H and O–H groups in total. The van der Waals surface area contributed by atoms with Crippen LogP contribution >= 0.6 is 0 Å². The van der Waals surface area contributed by atoms with Gasteiger partial charge in [0.15, 0.2) is 0 Å². The van der Waals surface area contributed by atoms with E-state index in [1.807, 2.05) is 55.5 Å². The minimum atomic E-state index is -0.243. The van der Waals surface area contributed by atoms with Gasteiger partial charge in [0.25, 0.3) is 0 Å². The van der Waals surface area contributed by atoms with E-state index in [9.17, 15) is 9.59 Å². The number of anilines is 1. The summed E-state index contributed by atoms with van der Waals surface area (Å²) < 4.78 is 5.13. The Morgan fingerprint density at radius 3 is 2.52 bits per heavy atom. The van der Waals surface area contributed by atoms with Gasteiger partial charge in [0.1, 0.15) is 5.75 Å². The van der Waals surface area contributed by atoms with Crippen molar-refractivity contribution < 1.29 is 14.3 Å². The second-order valence-corrected chi connectivity index (χ2v) is 6.74. The summed E-state index contributed by atoms with van der Waals surface area (Å²) in [4.78, 5) is 26.1. The first-order chi connectivity index (χ1) is 13.0. The van der Waals surface area contributed by atoms with E-state index in [-0.39, 0.29) is 18.0 Å². The van der Waals surface area contributed by atoms with Crippen LogP contribution in [-0.4, -0.2) is 38.2 Å².